The van der Waals surface area contributed by atoms with Gasteiger partial charge in [0.15, 0.2) is 17.0 Å². The number of anilines is 3. The van der Waals surface area contributed by atoms with Gasteiger partial charge < -0.3 is 26.7 Å². The molecule has 0 radical (unpaired) electrons. The zero-order valence-electron chi connectivity index (χ0n) is 15.8. The van der Waals surface area contributed by atoms with Crippen LogP contribution in [0.1, 0.15) is 31.2 Å². The third kappa shape index (κ3) is 3.84. The van der Waals surface area contributed by atoms with Crippen LogP contribution in [0.4, 0.5) is 21.8 Å². The van der Waals surface area contributed by atoms with Gasteiger partial charge in [-0.1, -0.05) is 0 Å². The third-order valence-corrected chi connectivity index (χ3v) is 5.22. The number of nitrogen functional groups attached to an aromatic ring is 1. The average Bonchev–Trinajstić information content (AvgIpc) is 3.05. The lowest BCUT2D eigenvalue weighted by molar-refractivity contribution is 0.410. The first-order valence-electron chi connectivity index (χ1n) is 9.48. The Bertz CT molecular complexity index is 977. The van der Waals surface area contributed by atoms with Crippen LogP contribution >= 0.6 is 0 Å². The first-order valence-corrected chi connectivity index (χ1v) is 9.48. The second kappa shape index (κ2) is 7.59. The van der Waals surface area contributed by atoms with Gasteiger partial charge in [0.1, 0.15) is 5.82 Å². The molecular weight excluding hydrogens is 359 g/mol. The molecule has 0 saturated heterocycles. The van der Waals surface area contributed by atoms with Crippen molar-refractivity contribution in [2.45, 2.75) is 44.3 Å². The second-order valence-electron chi connectivity index (χ2n) is 7.38. The van der Waals surface area contributed by atoms with Crippen LogP contribution in [-0.4, -0.2) is 31.6 Å². The fourth-order valence-electron chi connectivity index (χ4n) is 3.55. The van der Waals surface area contributed by atoms with Crippen molar-refractivity contribution in [2.75, 3.05) is 16.4 Å². The summed E-state index contributed by atoms with van der Waals surface area (Å²) in [5.41, 5.74) is 14.5. The van der Waals surface area contributed by atoms with Crippen LogP contribution in [-0.2, 0) is 13.6 Å². The molecular formula is C19H25FN8. The van der Waals surface area contributed by atoms with E-state index in [0.717, 1.165) is 31.3 Å². The first-order chi connectivity index (χ1) is 13.5. The summed E-state index contributed by atoms with van der Waals surface area (Å²) in [7, 11) is 1.89. The highest BCUT2D eigenvalue weighted by molar-refractivity contribution is 5.84. The maximum atomic E-state index is 13.5. The molecule has 148 valence electrons. The number of hydrogen-bond acceptors (Lipinski definition) is 7. The van der Waals surface area contributed by atoms with E-state index >= 15 is 0 Å². The number of halogens is 1. The molecule has 0 unspecified atom stereocenters. The van der Waals surface area contributed by atoms with E-state index in [1.165, 1.54) is 12.1 Å². The zero-order chi connectivity index (χ0) is 19.7. The predicted octanol–water partition coefficient (Wildman–Crippen LogP) is 2.38. The summed E-state index contributed by atoms with van der Waals surface area (Å²) in [6.45, 7) is 0.337. The summed E-state index contributed by atoms with van der Waals surface area (Å²) in [6, 6.07) is 4.91. The van der Waals surface area contributed by atoms with E-state index in [2.05, 4.69) is 25.6 Å². The molecule has 8 nitrogen and oxygen atoms in total. The Morgan fingerprint density at radius 1 is 1.21 bits per heavy atom. The van der Waals surface area contributed by atoms with Gasteiger partial charge in [-0.3, -0.25) is 0 Å². The Morgan fingerprint density at radius 2 is 2.00 bits per heavy atom. The number of nitrogens with zero attached hydrogens (tertiary/aromatic N) is 4. The van der Waals surface area contributed by atoms with Crippen molar-refractivity contribution in [3.8, 4) is 0 Å². The largest absolute Gasteiger partial charge is 0.398 e. The number of rotatable bonds is 5. The maximum Gasteiger partial charge on any atom is 0.227 e. The van der Waals surface area contributed by atoms with Crippen molar-refractivity contribution < 1.29 is 4.39 Å². The molecule has 0 spiro atoms. The fourth-order valence-corrected chi connectivity index (χ4v) is 3.55. The monoisotopic (exact) mass is 384 g/mol. The van der Waals surface area contributed by atoms with Crippen molar-refractivity contribution in [2.24, 2.45) is 12.8 Å². The van der Waals surface area contributed by atoms with E-state index in [4.69, 9.17) is 11.5 Å². The van der Waals surface area contributed by atoms with E-state index in [0.29, 0.717) is 41.1 Å². The number of fused-ring (bicyclic) bond motifs is 1. The van der Waals surface area contributed by atoms with Crippen molar-refractivity contribution in [1.82, 2.24) is 19.5 Å². The van der Waals surface area contributed by atoms with Gasteiger partial charge in [0.25, 0.3) is 0 Å². The SMILES string of the molecule is Cn1cnc2c(NCc3cc(F)ccc3N)nc(NC3CCC(N)CC3)nc21. The van der Waals surface area contributed by atoms with Crippen LogP contribution in [0.5, 0.6) is 0 Å². The molecule has 1 aromatic carbocycles. The number of aryl methyl sites for hydroxylation is 1. The Labute approximate surface area is 162 Å². The highest BCUT2D eigenvalue weighted by atomic mass is 19.1. The normalized spacial score (nSPS) is 19.7. The molecule has 1 aliphatic carbocycles. The molecule has 28 heavy (non-hydrogen) atoms. The maximum absolute atomic E-state index is 13.5. The quantitative estimate of drug-likeness (QED) is 0.499. The van der Waals surface area contributed by atoms with Crippen LogP contribution in [0.25, 0.3) is 11.2 Å². The molecule has 2 aromatic heterocycles. The Kier molecular flexibility index (Phi) is 4.99. The molecule has 0 atom stereocenters. The van der Waals surface area contributed by atoms with Crippen molar-refractivity contribution >= 4 is 28.6 Å². The van der Waals surface area contributed by atoms with Crippen LogP contribution < -0.4 is 22.1 Å². The lowest BCUT2D eigenvalue weighted by Gasteiger charge is -2.26. The summed E-state index contributed by atoms with van der Waals surface area (Å²) >= 11 is 0. The Hall–Kier alpha value is -2.94. The number of hydrogen-bond donors (Lipinski definition) is 4. The summed E-state index contributed by atoms with van der Waals surface area (Å²) in [6.07, 6.45) is 5.68. The lowest BCUT2D eigenvalue weighted by atomic mass is 9.92. The topological polar surface area (TPSA) is 120 Å². The smallest absolute Gasteiger partial charge is 0.227 e. The number of aromatic nitrogens is 4. The Morgan fingerprint density at radius 3 is 2.79 bits per heavy atom. The Balaban J connectivity index is 1.58. The van der Waals surface area contributed by atoms with Gasteiger partial charge in [-0.2, -0.15) is 9.97 Å². The minimum Gasteiger partial charge on any atom is -0.398 e. The standard InChI is InChI=1S/C19H25FN8/c1-28-10-24-16-17(23-9-11-8-12(20)2-7-15(11)22)26-19(27-18(16)28)25-14-5-3-13(21)4-6-14/h2,7-8,10,13-14H,3-6,9,21-22H2,1H3,(H2,23,25,26,27). The van der Waals surface area contributed by atoms with Gasteiger partial charge in [-0.15, -0.1) is 0 Å². The number of benzene rings is 1. The summed E-state index contributed by atoms with van der Waals surface area (Å²) in [5, 5.41) is 6.66. The molecule has 1 fully saturated rings. The van der Waals surface area contributed by atoms with Gasteiger partial charge in [0, 0.05) is 31.4 Å². The molecule has 3 aromatic rings. The molecule has 1 saturated carbocycles. The van der Waals surface area contributed by atoms with Crippen LogP contribution in [0.2, 0.25) is 0 Å². The highest BCUT2D eigenvalue weighted by Gasteiger charge is 2.20. The van der Waals surface area contributed by atoms with E-state index in [-0.39, 0.29) is 11.9 Å². The number of imidazole rings is 1. The van der Waals surface area contributed by atoms with E-state index < -0.39 is 0 Å². The molecule has 0 amide bonds. The number of nitrogens with two attached hydrogens (primary N) is 2. The average molecular weight is 384 g/mol. The minimum atomic E-state index is -0.325. The molecule has 9 heteroatoms. The zero-order valence-corrected chi connectivity index (χ0v) is 15.8. The third-order valence-electron chi connectivity index (χ3n) is 5.22. The molecule has 4 rings (SSSR count). The van der Waals surface area contributed by atoms with Crippen LogP contribution in [0, 0.1) is 5.82 Å². The van der Waals surface area contributed by atoms with Gasteiger partial charge in [0.05, 0.1) is 6.33 Å². The molecule has 2 heterocycles. The second-order valence-corrected chi connectivity index (χ2v) is 7.38. The van der Waals surface area contributed by atoms with Gasteiger partial charge in [-0.05, 0) is 49.4 Å². The molecule has 0 aliphatic heterocycles. The predicted molar refractivity (Wildman–Crippen MR) is 108 cm³/mol. The summed E-state index contributed by atoms with van der Waals surface area (Å²) < 4.78 is 15.4. The molecule has 0 bridgehead atoms. The van der Waals surface area contributed by atoms with Crippen LogP contribution in [0.3, 0.4) is 0 Å². The molecule has 1 aliphatic rings. The van der Waals surface area contributed by atoms with Gasteiger partial charge >= 0.3 is 0 Å². The highest BCUT2D eigenvalue weighted by Crippen LogP contribution is 2.25. The molecule has 6 N–H and O–H groups in total. The fraction of sp³-hybridized carbons (Fsp3) is 0.421. The van der Waals surface area contributed by atoms with Crippen LogP contribution in [0.15, 0.2) is 24.5 Å². The summed E-state index contributed by atoms with van der Waals surface area (Å²) in [4.78, 5) is 13.6. The van der Waals surface area contributed by atoms with E-state index in [1.807, 2.05) is 11.6 Å². The first kappa shape index (κ1) is 18.4. The lowest BCUT2D eigenvalue weighted by Crippen LogP contribution is -2.33. The van der Waals surface area contributed by atoms with Gasteiger partial charge in [0.2, 0.25) is 5.95 Å². The van der Waals surface area contributed by atoms with E-state index in [1.54, 1.807) is 12.4 Å². The van der Waals surface area contributed by atoms with Crippen molar-refractivity contribution in [1.29, 1.82) is 0 Å². The van der Waals surface area contributed by atoms with E-state index in [9.17, 15) is 4.39 Å². The summed E-state index contributed by atoms with van der Waals surface area (Å²) in [5.74, 6) is 0.810. The minimum absolute atomic E-state index is 0.285. The van der Waals surface area contributed by atoms with Gasteiger partial charge in [-0.25, -0.2) is 9.37 Å². The van der Waals surface area contributed by atoms with Crippen molar-refractivity contribution in [3.63, 3.8) is 0 Å². The van der Waals surface area contributed by atoms with Crippen molar-refractivity contribution in [3.05, 3.63) is 35.9 Å². The number of nitrogens with one attached hydrogen (secondary N) is 2.